The number of morpholine rings is 1. The normalized spacial score (nSPS) is 17.5. The molecule has 8 heteroatoms. The lowest BCUT2D eigenvalue weighted by Crippen LogP contribution is -2.42. The summed E-state index contributed by atoms with van der Waals surface area (Å²) in [7, 11) is -2.12. The van der Waals surface area contributed by atoms with E-state index in [-0.39, 0.29) is 30.1 Å². The van der Waals surface area contributed by atoms with Crippen molar-refractivity contribution in [1.82, 2.24) is 9.62 Å². The van der Waals surface area contributed by atoms with Gasteiger partial charge in [-0.15, -0.1) is 0 Å². The van der Waals surface area contributed by atoms with Gasteiger partial charge in [-0.2, -0.15) is 0 Å². The number of hydrogen-bond acceptors (Lipinski definition) is 5. The minimum atomic E-state index is -3.62. The van der Waals surface area contributed by atoms with E-state index in [9.17, 15) is 13.2 Å². The lowest BCUT2D eigenvalue weighted by Gasteiger charge is -2.33. The summed E-state index contributed by atoms with van der Waals surface area (Å²) in [5.74, 6) is -0.138. The Balaban J connectivity index is 1.67. The molecule has 0 spiro atoms. The molecular formula is C20H24N2O5S. The molecule has 3 rings (SSSR count). The molecule has 1 amide bonds. The van der Waals surface area contributed by atoms with Gasteiger partial charge in [-0.3, -0.25) is 4.79 Å². The molecule has 0 aliphatic carbocycles. The topological polar surface area (TPSA) is 84.9 Å². The monoisotopic (exact) mass is 404 g/mol. The lowest BCUT2D eigenvalue weighted by molar-refractivity contribution is -0.0228. The third-order valence-electron chi connectivity index (χ3n) is 4.53. The van der Waals surface area contributed by atoms with Crippen LogP contribution in [0.4, 0.5) is 0 Å². The average Bonchev–Trinajstić information content (AvgIpc) is 2.74. The van der Waals surface area contributed by atoms with E-state index in [0.717, 1.165) is 5.56 Å². The number of nitrogens with zero attached hydrogens (tertiary/aromatic N) is 1. The zero-order valence-corrected chi connectivity index (χ0v) is 16.5. The Hall–Kier alpha value is -2.26. The number of nitrogens with one attached hydrogen (secondary N) is 1. The van der Waals surface area contributed by atoms with Gasteiger partial charge in [-0.25, -0.2) is 13.1 Å². The zero-order chi connectivity index (χ0) is 20.0. The van der Waals surface area contributed by atoms with Crippen molar-refractivity contribution in [3.63, 3.8) is 0 Å². The molecule has 0 aromatic heterocycles. The van der Waals surface area contributed by atoms with Crippen LogP contribution in [0.3, 0.4) is 0 Å². The van der Waals surface area contributed by atoms with E-state index in [1.54, 1.807) is 17.0 Å². The third kappa shape index (κ3) is 4.96. The minimum absolute atomic E-state index is 0.115. The molecule has 1 saturated heterocycles. The number of hydrogen-bond donors (Lipinski definition) is 1. The Morgan fingerprint density at radius 1 is 1.18 bits per heavy atom. The molecular weight excluding hydrogens is 380 g/mol. The van der Waals surface area contributed by atoms with Crippen molar-refractivity contribution in [2.75, 3.05) is 40.0 Å². The maximum atomic E-state index is 12.8. The fourth-order valence-corrected chi connectivity index (χ4v) is 4.04. The molecule has 1 aliphatic heterocycles. The van der Waals surface area contributed by atoms with Crippen molar-refractivity contribution in [3.05, 3.63) is 65.7 Å². The van der Waals surface area contributed by atoms with Gasteiger partial charge < -0.3 is 14.4 Å². The first kappa shape index (κ1) is 20.5. The highest BCUT2D eigenvalue weighted by Gasteiger charge is 2.26. The number of rotatable bonds is 7. The van der Waals surface area contributed by atoms with Crippen molar-refractivity contribution in [3.8, 4) is 0 Å². The van der Waals surface area contributed by atoms with E-state index in [0.29, 0.717) is 25.3 Å². The molecule has 0 radical (unpaired) electrons. The Kier molecular flexibility index (Phi) is 6.79. The zero-order valence-electron chi connectivity index (χ0n) is 15.7. The second kappa shape index (κ2) is 9.29. The van der Waals surface area contributed by atoms with Crippen LogP contribution >= 0.6 is 0 Å². The van der Waals surface area contributed by atoms with Crippen LogP contribution in [0.25, 0.3) is 0 Å². The van der Waals surface area contributed by atoms with Crippen molar-refractivity contribution < 1.29 is 22.7 Å². The third-order valence-corrected chi connectivity index (χ3v) is 6.01. The van der Waals surface area contributed by atoms with Crippen LogP contribution in [-0.4, -0.2) is 59.2 Å². The summed E-state index contributed by atoms with van der Waals surface area (Å²) in [5, 5.41) is 0. The van der Waals surface area contributed by atoms with Crippen LogP contribution < -0.4 is 4.72 Å². The predicted molar refractivity (Wildman–Crippen MR) is 105 cm³/mol. The highest BCUT2D eigenvalue weighted by atomic mass is 32.2. The van der Waals surface area contributed by atoms with E-state index in [2.05, 4.69) is 4.72 Å². The molecule has 2 aromatic rings. The van der Waals surface area contributed by atoms with E-state index in [4.69, 9.17) is 9.47 Å². The maximum Gasteiger partial charge on any atom is 0.254 e. The van der Waals surface area contributed by atoms with Gasteiger partial charge in [0.15, 0.2) is 0 Å². The molecule has 1 fully saturated rings. The molecule has 28 heavy (non-hydrogen) atoms. The number of ether oxygens (including phenoxy) is 2. The highest BCUT2D eigenvalue weighted by molar-refractivity contribution is 7.89. The number of carbonyl (C=O) groups excluding carboxylic acids is 1. The van der Waals surface area contributed by atoms with Gasteiger partial charge in [0.25, 0.3) is 5.91 Å². The van der Waals surface area contributed by atoms with Crippen LogP contribution in [0.1, 0.15) is 22.0 Å². The first-order valence-electron chi connectivity index (χ1n) is 9.06. The van der Waals surface area contributed by atoms with Crippen LogP contribution in [-0.2, 0) is 19.5 Å². The van der Waals surface area contributed by atoms with Crippen molar-refractivity contribution in [2.45, 2.75) is 11.0 Å². The largest absolute Gasteiger partial charge is 0.383 e. The summed E-state index contributed by atoms with van der Waals surface area (Å²) in [6.45, 7) is 1.90. The summed E-state index contributed by atoms with van der Waals surface area (Å²) in [5.41, 5.74) is 1.48. The smallest absolute Gasteiger partial charge is 0.254 e. The van der Waals surface area contributed by atoms with Gasteiger partial charge in [-0.1, -0.05) is 30.3 Å². The molecule has 1 N–H and O–H groups in total. The molecule has 2 aromatic carbocycles. The summed E-state index contributed by atoms with van der Waals surface area (Å²) in [4.78, 5) is 14.7. The number of sulfonamides is 1. The van der Waals surface area contributed by atoms with Gasteiger partial charge in [0.2, 0.25) is 10.0 Å². The summed E-state index contributed by atoms with van der Waals surface area (Å²) in [6, 6.07) is 15.8. The highest BCUT2D eigenvalue weighted by Crippen LogP contribution is 2.23. The van der Waals surface area contributed by atoms with Gasteiger partial charge in [-0.05, 0) is 29.8 Å². The maximum absolute atomic E-state index is 12.8. The molecule has 1 atom stereocenters. The van der Waals surface area contributed by atoms with Crippen LogP contribution in [0.5, 0.6) is 0 Å². The predicted octanol–water partition coefficient (Wildman–Crippen LogP) is 1.82. The van der Waals surface area contributed by atoms with E-state index < -0.39 is 10.0 Å². The lowest BCUT2D eigenvalue weighted by atomic mass is 10.1. The minimum Gasteiger partial charge on any atom is -0.383 e. The van der Waals surface area contributed by atoms with Crippen LogP contribution in [0.15, 0.2) is 59.5 Å². The van der Waals surface area contributed by atoms with Gasteiger partial charge >= 0.3 is 0 Å². The molecule has 1 aliphatic rings. The SMILES string of the molecule is COCCNS(=O)(=O)c1ccc(C(=O)N2CCO[C@H](c3ccccc3)C2)cc1. The van der Waals surface area contributed by atoms with E-state index in [1.165, 1.54) is 19.2 Å². The Morgan fingerprint density at radius 2 is 1.89 bits per heavy atom. The molecule has 1 heterocycles. The Bertz CT molecular complexity index is 885. The molecule has 150 valence electrons. The van der Waals surface area contributed by atoms with Gasteiger partial charge in [0, 0.05) is 25.8 Å². The van der Waals surface area contributed by atoms with Gasteiger partial charge in [0.05, 0.1) is 24.7 Å². The molecule has 0 unspecified atom stereocenters. The standard InChI is InChI=1S/C20H24N2O5S/c1-26-13-11-21-28(24,25)18-9-7-17(8-10-18)20(23)22-12-14-27-19(15-22)16-5-3-2-4-6-16/h2-10,19,21H,11-15H2,1H3/t19-/m0/s1. The second-order valence-corrected chi connectivity index (χ2v) is 8.20. The van der Waals surface area contributed by atoms with Crippen molar-refractivity contribution in [2.24, 2.45) is 0 Å². The Labute approximate surface area is 165 Å². The first-order chi connectivity index (χ1) is 13.5. The van der Waals surface area contributed by atoms with Gasteiger partial charge in [0.1, 0.15) is 6.10 Å². The summed E-state index contributed by atoms with van der Waals surface area (Å²) >= 11 is 0. The average molecular weight is 404 g/mol. The molecule has 7 nitrogen and oxygen atoms in total. The quantitative estimate of drug-likeness (QED) is 0.712. The van der Waals surface area contributed by atoms with Crippen molar-refractivity contribution in [1.29, 1.82) is 0 Å². The van der Waals surface area contributed by atoms with Crippen LogP contribution in [0.2, 0.25) is 0 Å². The number of amides is 1. The van der Waals surface area contributed by atoms with Crippen molar-refractivity contribution >= 4 is 15.9 Å². The number of benzene rings is 2. The van der Waals surface area contributed by atoms with E-state index in [1.807, 2.05) is 30.3 Å². The first-order valence-corrected chi connectivity index (χ1v) is 10.5. The van der Waals surface area contributed by atoms with E-state index >= 15 is 0 Å². The Morgan fingerprint density at radius 3 is 2.57 bits per heavy atom. The summed E-state index contributed by atoms with van der Waals surface area (Å²) < 4.78 is 37.5. The second-order valence-electron chi connectivity index (χ2n) is 6.44. The fourth-order valence-electron chi connectivity index (χ4n) is 3.02. The number of carbonyl (C=O) groups is 1. The summed E-state index contributed by atoms with van der Waals surface area (Å²) in [6.07, 6.45) is -0.163. The van der Waals surface area contributed by atoms with Crippen LogP contribution in [0, 0.1) is 0 Å². The fraction of sp³-hybridized carbons (Fsp3) is 0.350. The molecule has 0 saturated carbocycles. The molecule has 0 bridgehead atoms. The number of methoxy groups -OCH3 is 1.